The topological polar surface area (TPSA) is 64.7 Å². The third-order valence-corrected chi connectivity index (χ3v) is 3.36. The van der Waals surface area contributed by atoms with E-state index in [9.17, 15) is 9.18 Å². The number of carbonyl (C=O) groups is 1. The molecule has 0 aliphatic rings. The molecule has 0 spiro atoms. The van der Waals surface area contributed by atoms with Gasteiger partial charge < -0.3 is 5.32 Å². The number of nitrogens with one attached hydrogen (secondary N) is 1. The molecule has 2 heterocycles. The normalized spacial score (nSPS) is 10.7. The van der Waals surface area contributed by atoms with E-state index in [4.69, 9.17) is 0 Å². The van der Waals surface area contributed by atoms with E-state index in [0.29, 0.717) is 24.6 Å². The van der Waals surface area contributed by atoms with Gasteiger partial charge in [-0.3, -0.25) is 14.2 Å². The Kier molecular flexibility index (Phi) is 4.18. The molecule has 3 rings (SSSR count). The van der Waals surface area contributed by atoms with Gasteiger partial charge in [-0.15, -0.1) is 0 Å². The van der Waals surface area contributed by atoms with Crippen molar-refractivity contribution in [2.24, 2.45) is 0 Å². The molecule has 118 valence electrons. The van der Waals surface area contributed by atoms with E-state index in [2.05, 4.69) is 15.5 Å². The fraction of sp³-hybridized carbons (Fsp3) is 0.188. The number of rotatable bonds is 5. The van der Waals surface area contributed by atoms with Gasteiger partial charge in [0.05, 0.1) is 6.54 Å². The van der Waals surface area contributed by atoms with Crippen molar-refractivity contribution < 1.29 is 9.18 Å². The Bertz CT molecular complexity index is 823. The molecule has 0 saturated carbocycles. The molecule has 0 bridgehead atoms. The average molecular weight is 313 g/mol. The Morgan fingerprint density at radius 3 is 2.96 bits per heavy atom. The lowest BCUT2D eigenvalue weighted by Gasteiger charge is -2.05. The highest BCUT2D eigenvalue weighted by molar-refractivity contribution is 6.02. The monoisotopic (exact) mass is 313 g/mol. The Labute approximate surface area is 132 Å². The third-order valence-electron chi connectivity index (χ3n) is 3.36. The van der Waals surface area contributed by atoms with Gasteiger partial charge in [0.15, 0.2) is 5.82 Å². The number of aromatic nitrogens is 4. The third kappa shape index (κ3) is 3.45. The quantitative estimate of drug-likeness (QED) is 0.787. The second-order valence-corrected chi connectivity index (χ2v) is 5.01. The van der Waals surface area contributed by atoms with Crippen LogP contribution in [0.2, 0.25) is 0 Å². The summed E-state index contributed by atoms with van der Waals surface area (Å²) in [7, 11) is 0. The summed E-state index contributed by atoms with van der Waals surface area (Å²) in [4.78, 5) is 12.2. The summed E-state index contributed by atoms with van der Waals surface area (Å²) in [5, 5.41) is 11.1. The van der Waals surface area contributed by atoms with Crippen LogP contribution in [0.5, 0.6) is 0 Å². The van der Waals surface area contributed by atoms with Crippen molar-refractivity contribution in [3.63, 3.8) is 0 Å². The molecule has 7 heteroatoms. The first-order chi connectivity index (χ1) is 11.2. The summed E-state index contributed by atoms with van der Waals surface area (Å²) in [6.45, 7) is 2.96. The van der Waals surface area contributed by atoms with Crippen molar-refractivity contribution in [1.82, 2.24) is 19.6 Å². The highest BCUT2D eigenvalue weighted by Crippen LogP contribution is 2.10. The van der Waals surface area contributed by atoms with Crippen LogP contribution in [0.3, 0.4) is 0 Å². The minimum atomic E-state index is -0.281. The van der Waals surface area contributed by atoms with Gasteiger partial charge in [0.25, 0.3) is 5.91 Å². The lowest BCUT2D eigenvalue weighted by atomic mass is 10.2. The first-order valence-electron chi connectivity index (χ1n) is 7.27. The standard InChI is InChI=1S/C16H16FN5O/c1-2-22-14(6-8-18-22)16(23)19-15-7-9-21(20-15)11-12-4-3-5-13(17)10-12/h3-10H,2,11H2,1H3,(H,19,20,23). The SMILES string of the molecule is CCn1nccc1C(=O)Nc1ccn(Cc2cccc(F)c2)n1. The number of anilines is 1. The molecule has 23 heavy (non-hydrogen) atoms. The Balaban J connectivity index is 1.69. The zero-order chi connectivity index (χ0) is 16.2. The van der Waals surface area contributed by atoms with Crippen molar-refractivity contribution >= 4 is 11.7 Å². The molecule has 0 aliphatic carbocycles. The van der Waals surface area contributed by atoms with E-state index >= 15 is 0 Å². The predicted octanol–water partition coefficient (Wildman–Crippen LogP) is 2.54. The molecule has 1 N–H and O–H groups in total. The summed E-state index contributed by atoms with van der Waals surface area (Å²) in [6.07, 6.45) is 3.32. The van der Waals surface area contributed by atoms with Gasteiger partial charge in [-0.2, -0.15) is 10.2 Å². The van der Waals surface area contributed by atoms with Crippen LogP contribution in [0.1, 0.15) is 23.0 Å². The highest BCUT2D eigenvalue weighted by atomic mass is 19.1. The minimum Gasteiger partial charge on any atom is -0.304 e. The van der Waals surface area contributed by atoms with Gasteiger partial charge in [0.1, 0.15) is 11.5 Å². The zero-order valence-electron chi connectivity index (χ0n) is 12.6. The van der Waals surface area contributed by atoms with Crippen molar-refractivity contribution in [2.45, 2.75) is 20.0 Å². The van der Waals surface area contributed by atoms with Gasteiger partial charge >= 0.3 is 0 Å². The molecule has 0 radical (unpaired) electrons. The Morgan fingerprint density at radius 2 is 2.17 bits per heavy atom. The number of amides is 1. The number of carbonyl (C=O) groups excluding carboxylic acids is 1. The molecule has 3 aromatic rings. The van der Waals surface area contributed by atoms with Crippen LogP contribution >= 0.6 is 0 Å². The summed E-state index contributed by atoms with van der Waals surface area (Å²) in [5.74, 6) is -0.105. The van der Waals surface area contributed by atoms with E-state index in [0.717, 1.165) is 5.56 Å². The molecular formula is C16H16FN5O. The predicted molar refractivity (Wildman–Crippen MR) is 83.6 cm³/mol. The molecule has 1 aromatic carbocycles. The number of halogens is 1. The highest BCUT2D eigenvalue weighted by Gasteiger charge is 2.12. The molecular weight excluding hydrogens is 297 g/mol. The maximum absolute atomic E-state index is 13.2. The number of nitrogens with zero attached hydrogens (tertiary/aromatic N) is 4. The number of hydrogen-bond donors (Lipinski definition) is 1. The van der Waals surface area contributed by atoms with E-state index in [1.165, 1.54) is 12.1 Å². The summed E-state index contributed by atoms with van der Waals surface area (Å²) < 4.78 is 16.4. The van der Waals surface area contributed by atoms with Crippen molar-refractivity contribution in [3.8, 4) is 0 Å². The van der Waals surface area contributed by atoms with Crippen molar-refractivity contribution in [1.29, 1.82) is 0 Å². The molecule has 0 unspecified atom stereocenters. The van der Waals surface area contributed by atoms with Gasteiger partial charge in [-0.25, -0.2) is 4.39 Å². The number of aryl methyl sites for hydroxylation is 1. The number of benzene rings is 1. The van der Waals surface area contributed by atoms with E-state index in [1.807, 2.05) is 13.0 Å². The maximum Gasteiger partial charge on any atom is 0.275 e. The Morgan fingerprint density at radius 1 is 1.30 bits per heavy atom. The fourth-order valence-corrected chi connectivity index (χ4v) is 2.30. The molecule has 0 aliphatic heterocycles. The largest absolute Gasteiger partial charge is 0.304 e. The van der Waals surface area contributed by atoms with Gasteiger partial charge in [-0.1, -0.05) is 12.1 Å². The van der Waals surface area contributed by atoms with Crippen LogP contribution in [0, 0.1) is 5.82 Å². The average Bonchev–Trinajstić information content (AvgIpc) is 3.16. The minimum absolute atomic E-state index is 0.264. The van der Waals surface area contributed by atoms with Crippen LogP contribution in [0.25, 0.3) is 0 Å². The summed E-state index contributed by atoms with van der Waals surface area (Å²) in [5.41, 5.74) is 1.28. The summed E-state index contributed by atoms with van der Waals surface area (Å²) >= 11 is 0. The second kappa shape index (κ2) is 6.43. The van der Waals surface area contributed by atoms with Crippen molar-refractivity contribution in [3.05, 3.63) is 65.9 Å². The van der Waals surface area contributed by atoms with Crippen LogP contribution in [-0.2, 0) is 13.1 Å². The smallest absolute Gasteiger partial charge is 0.275 e. The molecule has 1 amide bonds. The van der Waals surface area contributed by atoms with E-state index < -0.39 is 0 Å². The maximum atomic E-state index is 13.2. The van der Waals surface area contributed by atoms with E-state index in [-0.39, 0.29) is 11.7 Å². The zero-order valence-corrected chi connectivity index (χ0v) is 12.6. The number of hydrogen-bond acceptors (Lipinski definition) is 3. The molecule has 0 atom stereocenters. The van der Waals surface area contributed by atoms with Gasteiger partial charge in [0.2, 0.25) is 0 Å². The lowest BCUT2D eigenvalue weighted by molar-refractivity contribution is 0.101. The van der Waals surface area contributed by atoms with E-state index in [1.54, 1.807) is 40.0 Å². The summed E-state index contributed by atoms with van der Waals surface area (Å²) in [6, 6.07) is 9.69. The van der Waals surface area contributed by atoms with Crippen LogP contribution in [-0.4, -0.2) is 25.5 Å². The second-order valence-electron chi connectivity index (χ2n) is 5.01. The molecule has 6 nitrogen and oxygen atoms in total. The lowest BCUT2D eigenvalue weighted by Crippen LogP contribution is -2.17. The molecule has 0 saturated heterocycles. The Hall–Kier alpha value is -2.96. The van der Waals surface area contributed by atoms with Crippen LogP contribution in [0.15, 0.2) is 48.8 Å². The van der Waals surface area contributed by atoms with Crippen molar-refractivity contribution in [2.75, 3.05) is 5.32 Å². The van der Waals surface area contributed by atoms with Gasteiger partial charge in [-0.05, 0) is 30.7 Å². The van der Waals surface area contributed by atoms with Crippen LogP contribution < -0.4 is 5.32 Å². The molecule has 2 aromatic heterocycles. The first-order valence-corrected chi connectivity index (χ1v) is 7.27. The molecule has 0 fully saturated rings. The first kappa shape index (κ1) is 15.0. The van der Waals surface area contributed by atoms with Crippen LogP contribution in [0.4, 0.5) is 10.2 Å². The fourth-order valence-electron chi connectivity index (χ4n) is 2.30. The van der Waals surface area contributed by atoms with Gasteiger partial charge in [0, 0.05) is 25.0 Å².